The fourth-order valence-electron chi connectivity index (χ4n) is 3.05. The number of anilines is 1. The van der Waals surface area contributed by atoms with E-state index in [-0.39, 0.29) is 17.9 Å². The average Bonchev–Trinajstić information content (AvgIpc) is 2.78. The van der Waals surface area contributed by atoms with Crippen molar-refractivity contribution in [3.63, 3.8) is 0 Å². The van der Waals surface area contributed by atoms with Gasteiger partial charge in [0.1, 0.15) is 5.75 Å². The minimum atomic E-state index is -0.285. The van der Waals surface area contributed by atoms with Gasteiger partial charge in [0.2, 0.25) is 0 Å². The van der Waals surface area contributed by atoms with Crippen molar-refractivity contribution in [3.8, 4) is 5.75 Å². The van der Waals surface area contributed by atoms with E-state index in [0.29, 0.717) is 29.3 Å². The molecule has 2 N–H and O–H groups in total. The normalized spacial score (nSPS) is 11.6. The Morgan fingerprint density at radius 2 is 1.45 bits per heavy atom. The van der Waals surface area contributed by atoms with Crippen LogP contribution in [0.4, 0.5) is 5.69 Å². The van der Waals surface area contributed by atoms with Crippen LogP contribution in [0.15, 0.2) is 78.9 Å². The summed E-state index contributed by atoms with van der Waals surface area (Å²) in [5, 5.41) is 5.84. The van der Waals surface area contributed by atoms with Gasteiger partial charge in [-0.05, 0) is 54.8 Å². The van der Waals surface area contributed by atoms with Crippen LogP contribution in [0.5, 0.6) is 5.75 Å². The van der Waals surface area contributed by atoms with E-state index in [1.807, 2.05) is 37.3 Å². The van der Waals surface area contributed by atoms with Crippen molar-refractivity contribution in [1.82, 2.24) is 5.32 Å². The molecule has 0 unspecified atom stereocenters. The number of para-hydroxylation sites is 1. The second-order valence-electron chi connectivity index (χ2n) is 7.83. The van der Waals surface area contributed by atoms with Crippen molar-refractivity contribution in [3.05, 3.63) is 95.6 Å². The predicted molar refractivity (Wildman–Crippen MR) is 123 cm³/mol. The zero-order chi connectivity index (χ0) is 22.2. The molecule has 0 fully saturated rings. The van der Waals surface area contributed by atoms with Crippen LogP contribution in [0.3, 0.4) is 0 Å². The molecule has 0 aliphatic rings. The standard InChI is InChI=1S/C26H28N2O3/c1-18(2)17-31-22-15-13-21(14-16-22)25(29)28-24-12-8-7-11-23(24)26(30)27-19(3)20-9-5-4-6-10-20/h4-16,18-19H,17H2,1-3H3,(H,27,30)(H,28,29)/t19-/m0/s1. The molecule has 0 saturated heterocycles. The van der Waals surface area contributed by atoms with E-state index < -0.39 is 0 Å². The van der Waals surface area contributed by atoms with Crippen molar-refractivity contribution in [2.24, 2.45) is 5.92 Å². The summed E-state index contributed by atoms with van der Waals surface area (Å²) in [4.78, 5) is 25.6. The Morgan fingerprint density at radius 1 is 0.806 bits per heavy atom. The van der Waals surface area contributed by atoms with Crippen LogP contribution in [-0.4, -0.2) is 18.4 Å². The molecule has 3 aromatic carbocycles. The number of carbonyl (C=O) groups excluding carboxylic acids is 2. The molecular formula is C26H28N2O3. The van der Waals surface area contributed by atoms with E-state index in [0.717, 1.165) is 11.3 Å². The third kappa shape index (κ3) is 6.19. The summed E-state index contributed by atoms with van der Waals surface area (Å²) in [6.45, 7) is 6.71. The van der Waals surface area contributed by atoms with Gasteiger partial charge >= 0.3 is 0 Å². The summed E-state index contributed by atoms with van der Waals surface area (Å²) in [6.07, 6.45) is 0. The first-order valence-electron chi connectivity index (χ1n) is 10.4. The maximum absolute atomic E-state index is 12.9. The molecule has 0 aliphatic heterocycles. The van der Waals surface area contributed by atoms with E-state index in [1.54, 1.807) is 48.5 Å². The van der Waals surface area contributed by atoms with Gasteiger partial charge in [0, 0.05) is 5.56 Å². The summed E-state index contributed by atoms with van der Waals surface area (Å²) in [5.41, 5.74) is 2.38. The molecule has 0 aromatic heterocycles. The molecule has 5 nitrogen and oxygen atoms in total. The highest BCUT2D eigenvalue weighted by Gasteiger charge is 2.16. The number of ether oxygens (including phenoxy) is 1. The van der Waals surface area contributed by atoms with Crippen LogP contribution in [0, 0.1) is 5.92 Å². The summed E-state index contributed by atoms with van der Waals surface area (Å²) in [7, 11) is 0. The summed E-state index contributed by atoms with van der Waals surface area (Å²) >= 11 is 0. The van der Waals surface area contributed by atoms with E-state index >= 15 is 0 Å². The van der Waals surface area contributed by atoms with Crippen LogP contribution >= 0.6 is 0 Å². The van der Waals surface area contributed by atoms with Gasteiger partial charge in [-0.15, -0.1) is 0 Å². The molecule has 31 heavy (non-hydrogen) atoms. The van der Waals surface area contributed by atoms with Crippen LogP contribution in [-0.2, 0) is 0 Å². The highest BCUT2D eigenvalue weighted by molar-refractivity contribution is 6.09. The lowest BCUT2D eigenvalue weighted by molar-refractivity contribution is 0.0940. The van der Waals surface area contributed by atoms with Crippen molar-refractivity contribution in [2.75, 3.05) is 11.9 Å². The molecule has 0 heterocycles. The maximum atomic E-state index is 12.9. The molecule has 0 aliphatic carbocycles. The Bertz CT molecular complexity index is 1010. The zero-order valence-electron chi connectivity index (χ0n) is 18.1. The second kappa shape index (κ2) is 10.4. The van der Waals surface area contributed by atoms with Crippen LogP contribution < -0.4 is 15.4 Å². The lowest BCUT2D eigenvalue weighted by Gasteiger charge is -2.16. The first-order valence-corrected chi connectivity index (χ1v) is 10.4. The molecule has 0 radical (unpaired) electrons. The number of benzene rings is 3. The number of amides is 2. The highest BCUT2D eigenvalue weighted by atomic mass is 16.5. The Balaban J connectivity index is 1.68. The molecule has 1 atom stereocenters. The van der Waals surface area contributed by atoms with Gasteiger partial charge in [-0.3, -0.25) is 9.59 Å². The molecule has 0 bridgehead atoms. The van der Waals surface area contributed by atoms with Crippen molar-refractivity contribution < 1.29 is 14.3 Å². The first-order chi connectivity index (χ1) is 14.9. The van der Waals surface area contributed by atoms with Gasteiger partial charge in [-0.1, -0.05) is 56.3 Å². The largest absolute Gasteiger partial charge is 0.493 e. The van der Waals surface area contributed by atoms with Crippen LogP contribution in [0.25, 0.3) is 0 Å². The van der Waals surface area contributed by atoms with E-state index in [1.165, 1.54) is 0 Å². The number of hydrogen-bond donors (Lipinski definition) is 2. The first kappa shape index (κ1) is 22.1. The van der Waals surface area contributed by atoms with Gasteiger partial charge in [0.15, 0.2) is 0 Å². The van der Waals surface area contributed by atoms with E-state index in [2.05, 4.69) is 24.5 Å². The fraction of sp³-hybridized carbons (Fsp3) is 0.231. The number of carbonyl (C=O) groups is 2. The molecular weight excluding hydrogens is 388 g/mol. The number of nitrogens with one attached hydrogen (secondary N) is 2. The van der Waals surface area contributed by atoms with Crippen LogP contribution in [0.1, 0.15) is 53.1 Å². The highest BCUT2D eigenvalue weighted by Crippen LogP contribution is 2.20. The topological polar surface area (TPSA) is 67.4 Å². The zero-order valence-corrected chi connectivity index (χ0v) is 18.1. The summed E-state index contributed by atoms with van der Waals surface area (Å²) < 4.78 is 5.66. The summed E-state index contributed by atoms with van der Waals surface area (Å²) in [6, 6.07) is 23.5. The molecule has 0 saturated carbocycles. The Labute approximate surface area is 183 Å². The Kier molecular flexibility index (Phi) is 7.44. The van der Waals surface area contributed by atoms with Gasteiger partial charge < -0.3 is 15.4 Å². The van der Waals surface area contributed by atoms with E-state index in [9.17, 15) is 9.59 Å². The minimum Gasteiger partial charge on any atom is -0.493 e. The van der Waals surface area contributed by atoms with Crippen molar-refractivity contribution in [1.29, 1.82) is 0 Å². The van der Waals surface area contributed by atoms with Crippen LogP contribution in [0.2, 0.25) is 0 Å². The van der Waals surface area contributed by atoms with Gasteiger partial charge in [0.25, 0.3) is 11.8 Å². The lowest BCUT2D eigenvalue weighted by atomic mass is 10.1. The second-order valence-corrected chi connectivity index (χ2v) is 7.83. The monoisotopic (exact) mass is 416 g/mol. The minimum absolute atomic E-state index is 0.157. The van der Waals surface area contributed by atoms with E-state index in [4.69, 9.17) is 4.74 Å². The summed E-state index contributed by atoms with van der Waals surface area (Å²) in [5.74, 6) is 0.617. The number of hydrogen-bond acceptors (Lipinski definition) is 3. The quantitative estimate of drug-likeness (QED) is 0.512. The molecule has 2 amide bonds. The van der Waals surface area contributed by atoms with Gasteiger partial charge in [-0.25, -0.2) is 0 Å². The Morgan fingerprint density at radius 3 is 2.13 bits per heavy atom. The fourth-order valence-corrected chi connectivity index (χ4v) is 3.05. The maximum Gasteiger partial charge on any atom is 0.255 e. The van der Waals surface area contributed by atoms with Crippen molar-refractivity contribution >= 4 is 17.5 Å². The molecule has 0 spiro atoms. The van der Waals surface area contributed by atoms with Gasteiger partial charge in [0.05, 0.1) is 23.9 Å². The smallest absolute Gasteiger partial charge is 0.255 e. The van der Waals surface area contributed by atoms with Gasteiger partial charge in [-0.2, -0.15) is 0 Å². The Hall–Kier alpha value is -3.60. The third-order valence-corrected chi connectivity index (χ3v) is 4.77. The predicted octanol–water partition coefficient (Wildman–Crippen LogP) is 5.46. The molecule has 160 valence electrons. The SMILES string of the molecule is CC(C)COc1ccc(C(=O)Nc2ccccc2C(=O)N[C@@H](C)c2ccccc2)cc1. The lowest BCUT2D eigenvalue weighted by Crippen LogP contribution is -2.28. The number of rotatable bonds is 8. The third-order valence-electron chi connectivity index (χ3n) is 4.77. The van der Waals surface area contributed by atoms with Crippen molar-refractivity contribution in [2.45, 2.75) is 26.8 Å². The average molecular weight is 417 g/mol. The molecule has 3 rings (SSSR count). The molecule has 5 heteroatoms. The molecule has 3 aromatic rings.